The van der Waals surface area contributed by atoms with Crippen molar-refractivity contribution in [1.29, 1.82) is 0 Å². The van der Waals surface area contributed by atoms with E-state index in [4.69, 9.17) is 0 Å². The number of hydrogen-bond acceptors (Lipinski definition) is 2. The number of benzene rings is 1. The summed E-state index contributed by atoms with van der Waals surface area (Å²) in [6.45, 7) is 2.07. The molecule has 0 unspecified atom stereocenters. The van der Waals surface area contributed by atoms with E-state index in [0.717, 1.165) is 10.9 Å². The van der Waals surface area contributed by atoms with E-state index in [2.05, 4.69) is 22.9 Å². The molecule has 0 spiro atoms. The fourth-order valence-electron chi connectivity index (χ4n) is 1.01. The molecule has 1 aromatic carbocycles. The highest BCUT2D eigenvalue weighted by Crippen LogP contribution is 2.20. The zero-order valence-corrected chi connectivity index (χ0v) is 8.82. The number of nitro groups is 1. The quantitative estimate of drug-likeness (QED) is 0.465. The summed E-state index contributed by atoms with van der Waals surface area (Å²) >= 11 is 3.37. The second kappa shape index (κ2) is 4.37. The van der Waals surface area contributed by atoms with Gasteiger partial charge in [-0.2, -0.15) is 0 Å². The standard InChI is InChI=1S/C9H10BrNO2/c1-7(6-10)8-2-4-9(5-3-8)11(12)13/h2-5,7H,6H2,1H3/t7-/m1/s1. The number of non-ortho nitro benzene ring substituents is 1. The summed E-state index contributed by atoms with van der Waals surface area (Å²) < 4.78 is 0. The number of nitro benzene ring substituents is 1. The predicted molar refractivity (Wildman–Crippen MR) is 55.3 cm³/mol. The average Bonchev–Trinajstić information content (AvgIpc) is 2.17. The Hall–Kier alpha value is -0.900. The van der Waals surface area contributed by atoms with Crippen LogP contribution in [-0.4, -0.2) is 10.3 Å². The summed E-state index contributed by atoms with van der Waals surface area (Å²) in [6.07, 6.45) is 0. The molecule has 0 amide bonds. The Labute approximate surface area is 85.0 Å². The number of rotatable bonds is 3. The number of halogens is 1. The molecule has 1 rings (SSSR count). The van der Waals surface area contributed by atoms with Gasteiger partial charge in [0.15, 0.2) is 0 Å². The molecule has 0 saturated carbocycles. The third-order valence-electron chi connectivity index (χ3n) is 1.90. The van der Waals surface area contributed by atoms with Gasteiger partial charge in [0.2, 0.25) is 0 Å². The van der Waals surface area contributed by atoms with E-state index in [1.165, 1.54) is 12.1 Å². The minimum Gasteiger partial charge on any atom is -0.258 e. The molecule has 0 fully saturated rings. The SMILES string of the molecule is C[C@H](CBr)c1ccc([N+](=O)[O-])cc1. The van der Waals surface area contributed by atoms with Crippen LogP contribution < -0.4 is 0 Å². The van der Waals surface area contributed by atoms with Crippen LogP contribution in [0, 0.1) is 10.1 Å². The largest absolute Gasteiger partial charge is 0.269 e. The van der Waals surface area contributed by atoms with Gasteiger partial charge in [0.25, 0.3) is 5.69 Å². The summed E-state index contributed by atoms with van der Waals surface area (Å²) in [5.74, 6) is 0.390. The van der Waals surface area contributed by atoms with Crippen LogP contribution in [0.15, 0.2) is 24.3 Å². The van der Waals surface area contributed by atoms with E-state index in [-0.39, 0.29) is 10.6 Å². The fraction of sp³-hybridized carbons (Fsp3) is 0.333. The molecule has 0 radical (unpaired) electrons. The lowest BCUT2D eigenvalue weighted by Gasteiger charge is -2.06. The lowest BCUT2D eigenvalue weighted by Crippen LogP contribution is -1.94. The first-order valence-electron chi connectivity index (χ1n) is 3.95. The van der Waals surface area contributed by atoms with Gasteiger partial charge in [-0.1, -0.05) is 35.0 Å². The Bertz CT molecular complexity index is 297. The van der Waals surface area contributed by atoms with Crippen molar-refractivity contribution in [2.24, 2.45) is 0 Å². The Morgan fingerprint density at radius 2 is 2.00 bits per heavy atom. The molecule has 4 heteroatoms. The summed E-state index contributed by atoms with van der Waals surface area (Å²) in [7, 11) is 0. The first kappa shape index (κ1) is 10.2. The molecule has 1 aromatic rings. The van der Waals surface area contributed by atoms with E-state index in [9.17, 15) is 10.1 Å². The molecular weight excluding hydrogens is 234 g/mol. The summed E-state index contributed by atoms with van der Waals surface area (Å²) in [5, 5.41) is 11.2. The average molecular weight is 244 g/mol. The monoisotopic (exact) mass is 243 g/mol. The normalized spacial score (nSPS) is 12.5. The topological polar surface area (TPSA) is 43.1 Å². The van der Waals surface area contributed by atoms with Crippen molar-refractivity contribution >= 4 is 21.6 Å². The van der Waals surface area contributed by atoms with E-state index < -0.39 is 0 Å². The molecule has 70 valence electrons. The maximum absolute atomic E-state index is 10.3. The van der Waals surface area contributed by atoms with Crippen molar-refractivity contribution in [3.63, 3.8) is 0 Å². The lowest BCUT2D eigenvalue weighted by atomic mass is 10.0. The Morgan fingerprint density at radius 1 is 1.46 bits per heavy atom. The highest BCUT2D eigenvalue weighted by atomic mass is 79.9. The zero-order valence-electron chi connectivity index (χ0n) is 7.24. The minimum atomic E-state index is -0.386. The first-order chi connectivity index (χ1) is 6.15. The van der Waals surface area contributed by atoms with E-state index in [0.29, 0.717) is 5.92 Å². The molecule has 0 bridgehead atoms. The van der Waals surface area contributed by atoms with Crippen molar-refractivity contribution in [1.82, 2.24) is 0 Å². The second-order valence-corrected chi connectivity index (χ2v) is 3.55. The fourth-order valence-corrected chi connectivity index (χ4v) is 1.39. The molecule has 3 nitrogen and oxygen atoms in total. The molecule has 0 saturated heterocycles. The Morgan fingerprint density at radius 3 is 2.38 bits per heavy atom. The van der Waals surface area contributed by atoms with E-state index in [1.54, 1.807) is 12.1 Å². The van der Waals surface area contributed by atoms with Crippen molar-refractivity contribution < 1.29 is 4.92 Å². The lowest BCUT2D eigenvalue weighted by molar-refractivity contribution is -0.384. The predicted octanol–water partition coefficient (Wildman–Crippen LogP) is 3.09. The van der Waals surface area contributed by atoms with E-state index >= 15 is 0 Å². The van der Waals surface area contributed by atoms with Crippen molar-refractivity contribution in [3.05, 3.63) is 39.9 Å². The van der Waals surface area contributed by atoms with Crippen LogP contribution in [0.25, 0.3) is 0 Å². The number of nitrogens with zero attached hydrogens (tertiary/aromatic N) is 1. The number of hydrogen-bond donors (Lipinski definition) is 0. The van der Waals surface area contributed by atoms with Crippen LogP contribution in [0.4, 0.5) is 5.69 Å². The van der Waals surface area contributed by atoms with Crippen molar-refractivity contribution in [2.75, 3.05) is 5.33 Å². The highest BCUT2D eigenvalue weighted by molar-refractivity contribution is 9.09. The molecule has 1 atom stereocenters. The molecule has 0 aromatic heterocycles. The molecular formula is C9H10BrNO2. The smallest absolute Gasteiger partial charge is 0.258 e. The van der Waals surface area contributed by atoms with Crippen LogP contribution in [-0.2, 0) is 0 Å². The van der Waals surface area contributed by atoms with Gasteiger partial charge in [-0.05, 0) is 11.5 Å². The van der Waals surface area contributed by atoms with Gasteiger partial charge in [0.05, 0.1) is 4.92 Å². The first-order valence-corrected chi connectivity index (χ1v) is 5.07. The Kier molecular flexibility index (Phi) is 3.42. The van der Waals surface area contributed by atoms with Gasteiger partial charge in [-0.25, -0.2) is 0 Å². The molecule has 0 aliphatic heterocycles. The van der Waals surface area contributed by atoms with Gasteiger partial charge < -0.3 is 0 Å². The minimum absolute atomic E-state index is 0.144. The van der Waals surface area contributed by atoms with Gasteiger partial charge >= 0.3 is 0 Å². The van der Waals surface area contributed by atoms with E-state index in [1.807, 2.05) is 0 Å². The van der Waals surface area contributed by atoms with Crippen LogP contribution >= 0.6 is 15.9 Å². The molecule has 0 aliphatic carbocycles. The van der Waals surface area contributed by atoms with Crippen LogP contribution in [0.3, 0.4) is 0 Å². The maximum Gasteiger partial charge on any atom is 0.269 e. The zero-order chi connectivity index (χ0) is 9.84. The summed E-state index contributed by atoms with van der Waals surface area (Å²) in [5.41, 5.74) is 1.26. The van der Waals surface area contributed by atoms with Crippen LogP contribution in [0.2, 0.25) is 0 Å². The third kappa shape index (κ3) is 2.52. The third-order valence-corrected chi connectivity index (χ3v) is 2.88. The summed E-state index contributed by atoms with van der Waals surface area (Å²) in [6, 6.07) is 6.66. The van der Waals surface area contributed by atoms with Crippen LogP contribution in [0.1, 0.15) is 18.4 Å². The molecule has 0 N–H and O–H groups in total. The molecule has 0 aliphatic rings. The number of alkyl halides is 1. The van der Waals surface area contributed by atoms with Crippen LogP contribution in [0.5, 0.6) is 0 Å². The van der Waals surface area contributed by atoms with Crippen molar-refractivity contribution in [2.45, 2.75) is 12.8 Å². The van der Waals surface area contributed by atoms with Gasteiger partial charge in [0.1, 0.15) is 0 Å². The van der Waals surface area contributed by atoms with Gasteiger partial charge in [0, 0.05) is 17.5 Å². The Balaban J connectivity index is 2.87. The molecule has 13 heavy (non-hydrogen) atoms. The highest BCUT2D eigenvalue weighted by Gasteiger charge is 2.07. The summed E-state index contributed by atoms with van der Waals surface area (Å²) in [4.78, 5) is 9.96. The van der Waals surface area contributed by atoms with Gasteiger partial charge in [-0.3, -0.25) is 10.1 Å². The van der Waals surface area contributed by atoms with Crippen molar-refractivity contribution in [3.8, 4) is 0 Å². The van der Waals surface area contributed by atoms with Gasteiger partial charge in [-0.15, -0.1) is 0 Å². The maximum atomic E-state index is 10.3. The second-order valence-electron chi connectivity index (χ2n) is 2.90. The molecule has 0 heterocycles.